The molecule has 2 N–H and O–H groups in total. The van der Waals surface area contributed by atoms with Crippen LogP contribution in [0.4, 0.5) is 0 Å². The van der Waals surface area contributed by atoms with Crippen LogP contribution in [0, 0.1) is 17.8 Å². The van der Waals surface area contributed by atoms with Gasteiger partial charge < -0.3 is 14.4 Å². The lowest BCUT2D eigenvalue weighted by Gasteiger charge is -2.39. The molecule has 1 aromatic rings. The molecule has 1 saturated heterocycles. The number of carbonyl (C=O) groups excluding carboxylic acids is 2. The van der Waals surface area contributed by atoms with Crippen molar-refractivity contribution in [2.24, 2.45) is 22.9 Å². The number of benzene rings is 1. The minimum Gasteiger partial charge on any atom is -0.490 e. The van der Waals surface area contributed by atoms with Gasteiger partial charge in [0.1, 0.15) is 19.0 Å². The number of nitrogens with zero attached hydrogens (tertiary/aromatic N) is 1. The monoisotopic (exact) mass is 438 g/mol. The summed E-state index contributed by atoms with van der Waals surface area (Å²) in [5.41, 5.74) is 0. The van der Waals surface area contributed by atoms with E-state index < -0.39 is 15.9 Å². The molecule has 0 radical (unpaired) electrons. The highest BCUT2D eigenvalue weighted by Gasteiger charge is 2.42. The molecule has 8 nitrogen and oxygen atoms in total. The minimum absolute atomic E-state index is 0.00147. The molecule has 0 unspecified atom stereocenters. The Labute approximate surface area is 177 Å². The van der Waals surface area contributed by atoms with Crippen LogP contribution in [0.3, 0.4) is 0 Å². The van der Waals surface area contributed by atoms with Crippen molar-refractivity contribution in [3.8, 4) is 5.75 Å². The molecule has 1 aliphatic carbocycles. The van der Waals surface area contributed by atoms with Crippen molar-refractivity contribution in [2.45, 2.75) is 50.5 Å². The zero-order valence-corrected chi connectivity index (χ0v) is 18.3. The molecule has 0 bridgehead atoms. The van der Waals surface area contributed by atoms with Crippen molar-refractivity contribution in [2.75, 3.05) is 19.8 Å². The molecule has 30 heavy (non-hydrogen) atoms. The molecule has 1 heterocycles. The van der Waals surface area contributed by atoms with Crippen LogP contribution in [0.15, 0.2) is 29.2 Å². The van der Waals surface area contributed by atoms with E-state index in [1.807, 2.05) is 4.90 Å². The van der Waals surface area contributed by atoms with E-state index in [1.54, 1.807) is 0 Å². The number of ether oxygens (including phenoxy) is 2. The largest absolute Gasteiger partial charge is 0.490 e. The number of amides is 1. The van der Waals surface area contributed by atoms with Gasteiger partial charge in [-0.15, -0.1) is 0 Å². The van der Waals surface area contributed by atoms with Crippen molar-refractivity contribution in [3.63, 3.8) is 0 Å². The lowest BCUT2D eigenvalue weighted by molar-refractivity contribution is -0.149. The topological polar surface area (TPSA) is 116 Å². The first-order valence-corrected chi connectivity index (χ1v) is 11.9. The second-order valence-electron chi connectivity index (χ2n) is 8.31. The molecule has 2 fully saturated rings. The number of primary sulfonamides is 1. The summed E-state index contributed by atoms with van der Waals surface area (Å²) in [6.45, 7) is 5.03. The fourth-order valence-electron chi connectivity index (χ4n) is 4.35. The van der Waals surface area contributed by atoms with Crippen LogP contribution >= 0.6 is 0 Å². The molecule has 9 heteroatoms. The first-order chi connectivity index (χ1) is 14.2. The maximum atomic E-state index is 12.5. The Morgan fingerprint density at radius 1 is 1.17 bits per heavy atom. The number of hydrogen-bond acceptors (Lipinski definition) is 6. The van der Waals surface area contributed by atoms with Crippen LogP contribution in [-0.2, 0) is 24.3 Å². The van der Waals surface area contributed by atoms with Gasteiger partial charge in [-0.3, -0.25) is 9.59 Å². The van der Waals surface area contributed by atoms with Gasteiger partial charge in [-0.1, -0.05) is 26.7 Å². The van der Waals surface area contributed by atoms with Crippen molar-refractivity contribution in [3.05, 3.63) is 24.3 Å². The number of nitrogens with two attached hydrogens (primary N) is 1. The van der Waals surface area contributed by atoms with Gasteiger partial charge in [-0.2, -0.15) is 0 Å². The molecule has 1 aromatic carbocycles. The summed E-state index contributed by atoms with van der Waals surface area (Å²) in [5.74, 6) is 0.687. The van der Waals surface area contributed by atoms with E-state index in [1.165, 1.54) is 30.7 Å². The zero-order chi connectivity index (χ0) is 21.9. The maximum Gasteiger partial charge on any atom is 0.311 e. The molecular weight excluding hydrogens is 408 g/mol. The second kappa shape index (κ2) is 9.34. The van der Waals surface area contributed by atoms with Crippen molar-refractivity contribution >= 4 is 21.9 Å². The summed E-state index contributed by atoms with van der Waals surface area (Å²) < 4.78 is 33.2. The number of carbonyl (C=O) groups is 2. The Balaban J connectivity index is 1.44. The fraction of sp³-hybridized carbons (Fsp3) is 0.619. The van der Waals surface area contributed by atoms with E-state index in [0.29, 0.717) is 24.1 Å². The van der Waals surface area contributed by atoms with Crippen LogP contribution in [0.2, 0.25) is 0 Å². The fourth-order valence-corrected chi connectivity index (χ4v) is 4.86. The van der Waals surface area contributed by atoms with Gasteiger partial charge in [0.2, 0.25) is 15.9 Å². The van der Waals surface area contributed by atoms with E-state index in [0.717, 1.165) is 12.8 Å². The Hall–Kier alpha value is -2.13. The van der Waals surface area contributed by atoms with E-state index >= 15 is 0 Å². The molecule has 4 atom stereocenters. The molecule has 0 aromatic heterocycles. The number of likely N-dealkylation sites (tertiary alicyclic amines) is 1. The normalized spacial score (nSPS) is 27.2. The predicted octanol–water partition coefficient (Wildman–Crippen LogP) is 1.93. The summed E-state index contributed by atoms with van der Waals surface area (Å²) in [7, 11) is -3.75. The van der Waals surface area contributed by atoms with Crippen LogP contribution < -0.4 is 9.88 Å². The molecular formula is C21H30N2O6S. The Bertz CT molecular complexity index is 870. The van der Waals surface area contributed by atoms with Crippen LogP contribution in [0.5, 0.6) is 5.75 Å². The molecule has 1 saturated carbocycles. The third-order valence-electron chi connectivity index (χ3n) is 6.30. The third kappa shape index (κ3) is 5.31. The standard InChI is InChI=1S/C21H30N2O6S/c1-14-4-3-5-19(15(14)2)23-13-16(12-20(23)24)21(25)29-11-10-28-17-6-8-18(9-7-17)30(22,26)27/h6-9,14-16,19H,3-5,10-13H2,1-2H3,(H2,22,26,27)/t14-,15+,16+,19+/m1/s1. The summed E-state index contributed by atoms with van der Waals surface area (Å²) >= 11 is 0. The molecule has 3 rings (SSSR count). The van der Waals surface area contributed by atoms with E-state index in [2.05, 4.69) is 13.8 Å². The van der Waals surface area contributed by atoms with Crippen LogP contribution in [0.1, 0.15) is 39.5 Å². The predicted molar refractivity (Wildman–Crippen MR) is 110 cm³/mol. The number of esters is 1. The number of rotatable bonds is 7. The number of hydrogen-bond donors (Lipinski definition) is 1. The van der Waals surface area contributed by atoms with Crippen molar-refractivity contribution in [1.82, 2.24) is 4.90 Å². The molecule has 166 valence electrons. The Morgan fingerprint density at radius 3 is 2.53 bits per heavy atom. The second-order valence-corrected chi connectivity index (χ2v) is 9.88. The quantitative estimate of drug-likeness (QED) is 0.514. The third-order valence-corrected chi connectivity index (χ3v) is 7.23. The molecule has 1 aliphatic heterocycles. The highest BCUT2D eigenvalue weighted by atomic mass is 32.2. The summed E-state index contributed by atoms with van der Waals surface area (Å²) in [5, 5.41) is 5.05. The van der Waals surface area contributed by atoms with E-state index in [4.69, 9.17) is 14.6 Å². The van der Waals surface area contributed by atoms with Gasteiger partial charge >= 0.3 is 5.97 Å². The van der Waals surface area contributed by atoms with Gasteiger partial charge in [0.25, 0.3) is 0 Å². The average Bonchev–Trinajstić information content (AvgIpc) is 3.08. The highest BCUT2D eigenvalue weighted by molar-refractivity contribution is 7.89. The molecule has 0 spiro atoms. The zero-order valence-electron chi connectivity index (χ0n) is 17.5. The Morgan fingerprint density at radius 2 is 1.87 bits per heavy atom. The first-order valence-electron chi connectivity index (χ1n) is 10.4. The van der Waals surface area contributed by atoms with Crippen LogP contribution in [0.25, 0.3) is 0 Å². The van der Waals surface area contributed by atoms with Gasteiger partial charge in [0, 0.05) is 19.0 Å². The van der Waals surface area contributed by atoms with Crippen molar-refractivity contribution < 1.29 is 27.5 Å². The number of sulfonamides is 1. The smallest absolute Gasteiger partial charge is 0.311 e. The molecule has 2 aliphatic rings. The van der Waals surface area contributed by atoms with Gasteiger partial charge in [-0.25, -0.2) is 13.6 Å². The maximum absolute atomic E-state index is 12.5. The highest BCUT2D eigenvalue weighted by Crippen LogP contribution is 2.35. The first kappa shape index (κ1) is 22.6. The average molecular weight is 439 g/mol. The van der Waals surface area contributed by atoms with Crippen molar-refractivity contribution in [1.29, 1.82) is 0 Å². The summed E-state index contributed by atoms with van der Waals surface area (Å²) in [6.07, 6.45) is 3.50. The van der Waals surface area contributed by atoms with E-state index in [-0.39, 0.29) is 42.4 Å². The van der Waals surface area contributed by atoms with Gasteiger partial charge in [-0.05, 0) is 42.5 Å². The summed E-state index contributed by atoms with van der Waals surface area (Å²) in [4.78, 5) is 26.8. The van der Waals surface area contributed by atoms with Gasteiger partial charge in [0.15, 0.2) is 0 Å². The van der Waals surface area contributed by atoms with Gasteiger partial charge in [0.05, 0.1) is 10.8 Å². The van der Waals surface area contributed by atoms with Crippen LogP contribution in [-0.4, -0.2) is 51.0 Å². The minimum atomic E-state index is -3.75. The SMILES string of the molecule is C[C@H]1[C@H](C)CCC[C@@H]1N1C[C@@H](C(=O)OCCOc2ccc(S(N)(=O)=O)cc2)CC1=O. The Kier molecular flexibility index (Phi) is 7.02. The lowest BCUT2D eigenvalue weighted by atomic mass is 9.77. The summed E-state index contributed by atoms with van der Waals surface area (Å²) in [6, 6.07) is 5.89. The lowest BCUT2D eigenvalue weighted by Crippen LogP contribution is -2.45. The van der Waals surface area contributed by atoms with E-state index in [9.17, 15) is 18.0 Å². The molecule has 1 amide bonds.